The molecular weight excluding hydrogens is 466 g/mol. The molecule has 1 fully saturated rings. The number of sulfonamides is 1. The molecule has 0 bridgehead atoms. The molecule has 1 saturated heterocycles. The predicted molar refractivity (Wildman–Crippen MR) is 125 cm³/mol. The molecule has 0 radical (unpaired) electrons. The Balaban J connectivity index is 1.60. The average molecular weight is 492 g/mol. The van der Waals surface area contributed by atoms with Gasteiger partial charge in [0.1, 0.15) is 12.3 Å². The molecule has 0 aliphatic carbocycles. The molecule has 9 nitrogen and oxygen atoms in total. The van der Waals surface area contributed by atoms with Crippen LogP contribution >= 0.6 is 11.8 Å². The molecule has 2 aliphatic heterocycles. The summed E-state index contributed by atoms with van der Waals surface area (Å²) in [5.41, 5.74) is 0.970. The van der Waals surface area contributed by atoms with E-state index in [4.69, 9.17) is 9.47 Å². The average Bonchev–Trinajstić information content (AvgIpc) is 2.98. The van der Waals surface area contributed by atoms with Gasteiger partial charge in [0.15, 0.2) is 0 Å². The van der Waals surface area contributed by atoms with Gasteiger partial charge in [-0.25, -0.2) is 8.42 Å². The highest BCUT2D eigenvalue weighted by Gasteiger charge is 2.30. The zero-order valence-electron chi connectivity index (χ0n) is 18.2. The fourth-order valence-corrected chi connectivity index (χ4v) is 6.07. The standard InChI is InChI=1S/C22H25N3O6S2/c1-30-17-4-2-3-16(13-17)23-21(26)15-25-19-14-18(5-6-20(19)32-12-7-22(25)27)33(28,29)24-8-10-31-11-9-24/h2-6,13-14H,7-12,15H2,1H3,(H,23,26). The van der Waals surface area contributed by atoms with Crippen LogP contribution in [0.5, 0.6) is 5.75 Å². The number of morpholine rings is 1. The zero-order valence-corrected chi connectivity index (χ0v) is 19.8. The quantitative estimate of drug-likeness (QED) is 0.660. The minimum absolute atomic E-state index is 0.0941. The first-order chi connectivity index (χ1) is 15.9. The normalized spacial score (nSPS) is 17.2. The van der Waals surface area contributed by atoms with Crippen LogP contribution in [0.3, 0.4) is 0 Å². The third kappa shape index (κ3) is 5.32. The second-order valence-corrected chi connectivity index (χ2v) is 10.6. The summed E-state index contributed by atoms with van der Waals surface area (Å²) < 4.78 is 38.1. The molecule has 11 heteroatoms. The van der Waals surface area contributed by atoms with Crippen LogP contribution in [0, 0.1) is 0 Å². The maximum Gasteiger partial charge on any atom is 0.244 e. The smallest absolute Gasteiger partial charge is 0.244 e. The Hall–Kier alpha value is -2.60. The van der Waals surface area contributed by atoms with Crippen LogP contribution in [-0.2, 0) is 24.3 Å². The van der Waals surface area contributed by atoms with Crippen molar-refractivity contribution in [1.82, 2.24) is 4.31 Å². The van der Waals surface area contributed by atoms with Crippen molar-refractivity contribution < 1.29 is 27.5 Å². The molecule has 0 atom stereocenters. The number of carbonyl (C=O) groups is 2. The number of methoxy groups -OCH3 is 1. The highest BCUT2D eigenvalue weighted by atomic mass is 32.2. The number of hydrogen-bond acceptors (Lipinski definition) is 7. The number of carbonyl (C=O) groups excluding carboxylic acids is 2. The van der Waals surface area contributed by atoms with Crippen molar-refractivity contribution in [3.05, 3.63) is 42.5 Å². The van der Waals surface area contributed by atoms with Crippen molar-refractivity contribution in [2.45, 2.75) is 16.2 Å². The number of nitrogens with one attached hydrogen (secondary N) is 1. The molecule has 0 aromatic heterocycles. The van der Waals surface area contributed by atoms with E-state index in [1.165, 1.54) is 34.1 Å². The zero-order chi connectivity index (χ0) is 23.4. The van der Waals surface area contributed by atoms with Crippen LogP contribution in [0.1, 0.15) is 6.42 Å². The number of fused-ring (bicyclic) bond motifs is 1. The Morgan fingerprint density at radius 2 is 1.97 bits per heavy atom. The molecule has 0 unspecified atom stereocenters. The number of hydrogen-bond donors (Lipinski definition) is 1. The number of nitrogens with zero attached hydrogens (tertiary/aromatic N) is 2. The third-order valence-electron chi connectivity index (χ3n) is 5.36. The van der Waals surface area contributed by atoms with Crippen molar-refractivity contribution >= 4 is 45.0 Å². The molecule has 4 rings (SSSR count). The van der Waals surface area contributed by atoms with Crippen molar-refractivity contribution in [2.24, 2.45) is 0 Å². The van der Waals surface area contributed by atoms with Gasteiger partial charge in [0.25, 0.3) is 0 Å². The molecule has 33 heavy (non-hydrogen) atoms. The van der Waals surface area contributed by atoms with E-state index in [-0.39, 0.29) is 36.9 Å². The molecule has 2 heterocycles. The lowest BCUT2D eigenvalue weighted by Crippen LogP contribution is -2.41. The van der Waals surface area contributed by atoms with Gasteiger partial charge < -0.3 is 19.7 Å². The lowest BCUT2D eigenvalue weighted by atomic mass is 10.2. The number of benzene rings is 2. The van der Waals surface area contributed by atoms with E-state index in [1.807, 2.05) is 0 Å². The largest absolute Gasteiger partial charge is 0.497 e. The van der Waals surface area contributed by atoms with Gasteiger partial charge >= 0.3 is 0 Å². The first-order valence-electron chi connectivity index (χ1n) is 10.5. The van der Waals surface area contributed by atoms with Gasteiger partial charge in [-0.05, 0) is 30.3 Å². The second kappa shape index (κ2) is 10.1. The van der Waals surface area contributed by atoms with Crippen molar-refractivity contribution in [2.75, 3.05) is 55.9 Å². The minimum atomic E-state index is -3.74. The van der Waals surface area contributed by atoms with Crippen LogP contribution < -0.4 is 15.0 Å². The highest BCUT2D eigenvalue weighted by molar-refractivity contribution is 7.99. The molecular formula is C22H25N3O6S2. The first-order valence-corrected chi connectivity index (χ1v) is 12.9. The monoisotopic (exact) mass is 491 g/mol. The van der Waals surface area contributed by atoms with Crippen LogP contribution in [0.4, 0.5) is 11.4 Å². The predicted octanol–water partition coefficient (Wildman–Crippen LogP) is 2.18. The maximum atomic E-state index is 13.1. The molecule has 2 aromatic rings. The Morgan fingerprint density at radius 3 is 2.73 bits per heavy atom. The topological polar surface area (TPSA) is 105 Å². The van der Waals surface area contributed by atoms with E-state index in [0.29, 0.717) is 36.1 Å². The van der Waals surface area contributed by atoms with E-state index in [1.54, 1.807) is 36.4 Å². The van der Waals surface area contributed by atoms with Crippen LogP contribution in [-0.4, -0.2) is 70.2 Å². The van der Waals surface area contributed by atoms with E-state index < -0.39 is 15.9 Å². The number of thioether (sulfide) groups is 1. The van der Waals surface area contributed by atoms with Gasteiger partial charge in [0, 0.05) is 41.9 Å². The third-order valence-corrected chi connectivity index (χ3v) is 8.32. The Bertz CT molecular complexity index is 1150. The molecule has 0 saturated carbocycles. The van der Waals surface area contributed by atoms with Crippen molar-refractivity contribution in [3.8, 4) is 5.75 Å². The van der Waals surface area contributed by atoms with Gasteiger partial charge in [0.2, 0.25) is 21.8 Å². The van der Waals surface area contributed by atoms with Gasteiger partial charge in [0.05, 0.1) is 30.9 Å². The molecule has 1 N–H and O–H groups in total. The number of amides is 2. The Kier molecular flexibility index (Phi) is 7.23. The van der Waals surface area contributed by atoms with E-state index >= 15 is 0 Å². The van der Waals surface area contributed by atoms with Gasteiger partial charge in [-0.15, -0.1) is 11.8 Å². The van der Waals surface area contributed by atoms with Crippen LogP contribution in [0.2, 0.25) is 0 Å². The summed E-state index contributed by atoms with van der Waals surface area (Å²) in [7, 11) is -2.21. The van der Waals surface area contributed by atoms with Gasteiger partial charge in [-0.3, -0.25) is 9.59 Å². The summed E-state index contributed by atoms with van der Waals surface area (Å²) in [6.07, 6.45) is 0.247. The van der Waals surface area contributed by atoms with Crippen molar-refractivity contribution in [1.29, 1.82) is 0 Å². The summed E-state index contributed by atoms with van der Waals surface area (Å²) in [6, 6.07) is 11.7. The summed E-state index contributed by atoms with van der Waals surface area (Å²) in [5, 5.41) is 2.77. The summed E-state index contributed by atoms with van der Waals surface area (Å²) >= 11 is 1.47. The summed E-state index contributed by atoms with van der Waals surface area (Å²) in [4.78, 5) is 27.9. The lowest BCUT2D eigenvalue weighted by Gasteiger charge is -2.27. The van der Waals surface area contributed by atoms with E-state index in [2.05, 4.69) is 5.32 Å². The molecule has 0 spiro atoms. The van der Waals surface area contributed by atoms with Crippen molar-refractivity contribution in [3.63, 3.8) is 0 Å². The number of rotatable bonds is 6. The SMILES string of the molecule is COc1cccc(NC(=O)CN2C(=O)CCSc3ccc(S(=O)(=O)N4CCOCC4)cc32)c1. The maximum absolute atomic E-state index is 13.1. The fraction of sp³-hybridized carbons (Fsp3) is 0.364. The first kappa shape index (κ1) is 23.6. The highest BCUT2D eigenvalue weighted by Crippen LogP contribution is 2.36. The summed E-state index contributed by atoms with van der Waals surface area (Å²) in [6.45, 7) is 1.01. The molecule has 2 amide bonds. The Morgan fingerprint density at radius 1 is 1.18 bits per heavy atom. The number of anilines is 2. The molecule has 176 valence electrons. The second-order valence-electron chi connectivity index (χ2n) is 7.50. The van der Waals surface area contributed by atoms with Crippen LogP contribution in [0.25, 0.3) is 0 Å². The fourth-order valence-electron chi connectivity index (χ4n) is 3.66. The van der Waals surface area contributed by atoms with E-state index in [9.17, 15) is 18.0 Å². The summed E-state index contributed by atoms with van der Waals surface area (Å²) in [5.74, 6) is 0.521. The molecule has 2 aliphatic rings. The van der Waals surface area contributed by atoms with Gasteiger partial charge in [-0.1, -0.05) is 6.07 Å². The molecule has 2 aromatic carbocycles. The van der Waals surface area contributed by atoms with Crippen LogP contribution in [0.15, 0.2) is 52.3 Å². The minimum Gasteiger partial charge on any atom is -0.497 e. The van der Waals surface area contributed by atoms with Gasteiger partial charge in [-0.2, -0.15) is 4.31 Å². The Labute approximate surface area is 197 Å². The van der Waals surface area contributed by atoms with E-state index in [0.717, 1.165) is 4.90 Å². The number of ether oxygens (including phenoxy) is 2. The lowest BCUT2D eigenvalue weighted by molar-refractivity contribution is -0.121.